The van der Waals surface area contributed by atoms with Gasteiger partial charge in [0.25, 0.3) is 5.91 Å². The van der Waals surface area contributed by atoms with Crippen LogP contribution in [0.3, 0.4) is 0 Å². The summed E-state index contributed by atoms with van der Waals surface area (Å²) >= 11 is 6.20. The summed E-state index contributed by atoms with van der Waals surface area (Å²) in [5, 5.41) is 10.7. The number of piperazine rings is 1. The third-order valence-corrected chi connectivity index (χ3v) is 9.93. The third-order valence-electron chi connectivity index (χ3n) is 7.42. The number of carbonyl (C=O) groups is 1. The highest BCUT2D eigenvalue weighted by atomic mass is 35.5. The molecule has 0 saturated carbocycles. The van der Waals surface area contributed by atoms with Crippen molar-refractivity contribution in [1.82, 2.24) is 14.3 Å². The highest BCUT2D eigenvalue weighted by Gasteiger charge is 2.43. The molecule has 2 bridgehead atoms. The molecular formula is C29H36ClFN4O4S. The van der Waals surface area contributed by atoms with Crippen LogP contribution < -0.4 is 4.90 Å². The third kappa shape index (κ3) is 5.71. The van der Waals surface area contributed by atoms with Crippen molar-refractivity contribution in [2.24, 2.45) is 5.41 Å². The number of nitrogens with zero attached hydrogens (tertiary/aromatic N) is 4. The first-order valence-corrected chi connectivity index (χ1v) is 15.5. The fraction of sp³-hybridized carbons (Fsp3) is 0.517. The number of carbonyl (C=O) groups excluding carboxylic acids is 1. The van der Waals surface area contributed by atoms with Crippen molar-refractivity contribution in [2.75, 3.05) is 23.7 Å². The molecule has 2 atom stereocenters. The van der Waals surface area contributed by atoms with Crippen LogP contribution in [-0.2, 0) is 16.3 Å². The summed E-state index contributed by atoms with van der Waals surface area (Å²) in [4.78, 5) is 22.1. The van der Waals surface area contributed by atoms with Gasteiger partial charge in [-0.2, -0.15) is 0 Å². The van der Waals surface area contributed by atoms with Crippen molar-refractivity contribution < 1.29 is 22.7 Å². The van der Waals surface area contributed by atoms with Crippen molar-refractivity contribution in [3.8, 4) is 0 Å². The molecule has 0 aliphatic carbocycles. The van der Waals surface area contributed by atoms with Gasteiger partial charge in [-0.05, 0) is 62.4 Å². The molecule has 5 rings (SSSR count). The lowest BCUT2D eigenvalue weighted by atomic mass is 10.0. The Hall–Kier alpha value is -2.69. The summed E-state index contributed by atoms with van der Waals surface area (Å²) in [5.41, 5.74) is -0.547. The quantitative estimate of drug-likeness (QED) is 0.445. The number of likely N-dealkylation sites (tertiary alicyclic amines) is 1. The first-order valence-electron chi connectivity index (χ1n) is 13.5. The lowest BCUT2D eigenvalue weighted by Crippen LogP contribution is -2.56. The Kier molecular flexibility index (Phi) is 7.20. The Morgan fingerprint density at radius 3 is 2.33 bits per heavy atom. The van der Waals surface area contributed by atoms with Crippen LogP contribution in [0.25, 0.3) is 5.52 Å². The van der Waals surface area contributed by atoms with Crippen molar-refractivity contribution in [3.63, 3.8) is 0 Å². The number of rotatable bonds is 6. The van der Waals surface area contributed by atoms with Crippen molar-refractivity contribution in [2.45, 2.75) is 76.5 Å². The number of aliphatic hydroxyl groups is 1. The number of halogens is 2. The van der Waals surface area contributed by atoms with Gasteiger partial charge in [-0.1, -0.05) is 32.4 Å². The predicted octanol–water partition coefficient (Wildman–Crippen LogP) is 4.75. The number of hydrogen-bond acceptors (Lipinski definition) is 6. The van der Waals surface area contributed by atoms with Gasteiger partial charge in [-0.3, -0.25) is 9.20 Å². The smallest absolute Gasteiger partial charge is 0.255 e. The van der Waals surface area contributed by atoms with E-state index in [1.54, 1.807) is 37.1 Å². The SMILES string of the molecule is CC(C)(C)CS(=O)(=O)c1cc(N2C3CCC2CN(C(=O)c2ccc(F)cc2Cl)C3)n2c(CC(C)(C)O)ncc2c1. The van der Waals surface area contributed by atoms with Gasteiger partial charge in [0.2, 0.25) is 0 Å². The van der Waals surface area contributed by atoms with E-state index in [9.17, 15) is 22.7 Å². The van der Waals surface area contributed by atoms with Crippen molar-refractivity contribution in [1.29, 1.82) is 0 Å². The minimum Gasteiger partial charge on any atom is -0.390 e. The highest BCUT2D eigenvalue weighted by Crippen LogP contribution is 2.38. The standard InChI is InChI=1S/C29H36ClFN4O4S/c1-28(2,3)17-40(38,39)22-11-21-14-32-25(13-29(4,5)37)35(21)26(12-22)34-19-7-8-20(34)16-33(15-19)27(36)23-9-6-18(31)10-24(23)30/h6,9-12,14,19-20,37H,7-8,13,15-17H2,1-5H3. The Morgan fingerprint density at radius 2 is 1.75 bits per heavy atom. The molecule has 0 spiro atoms. The van der Waals surface area contributed by atoms with Crippen molar-refractivity contribution in [3.05, 3.63) is 58.8 Å². The van der Waals surface area contributed by atoms with E-state index < -0.39 is 26.7 Å². The van der Waals surface area contributed by atoms with Gasteiger partial charge in [0.05, 0.1) is 38.5 Å². The minimum absolute atomic E-state index is 0.00611. The Morgan fingerprint density at radius 1 is 1.10 bits per heavy atom. The summed E-state index contributed by atoms with van der Waals surface area (Å²) in [6, 6.07) is 7.03. The summed E-state index contributed by atoms with van der Waals surface area (Å²) < 4.78 is 42.6. The molecule has 40 heavy (non-hydrogen) atoms. The maximum Gasteiger partial charge on any atom is 0.255 e. The molecule has 1 aromatic carbocycles. The van der Waals surface area contributed by atoms with Crippen LogP contribution in [0.2, 0.25) is 5.02 Å². The maximum absolute atomic E-state index is 13.6. The lowest BCUT2D eigenvalue weighted by molar-refractivity contribution is 0.0715. The molecule has 1 amide bonds. The van der Waals surface area contributed by atoms with Crippen LogP contribution in [0.4, 0.5) is 10.2 Å². The van der Waals surface area contributed by atoms with E-state index in [1.807, 2.05) is 25.2 Å². The normalized spacial score (nSPS) is 20.0. The van der Waals surface area contributed by atoms with Gasteiger partial charge in [-0.15, -0.1) is 0 Å². The number of sulfone groups is 1. The highest BCUT2D eigenvalue weighted by molar-refractivity contribution is 7.91. The zero-order valence-electron chi connectivity index (χ0n) is 23.5. The van der Waals surface area contributed by atoms with Crippen LogP contribution in [0, 0.1) is 11.2 Å². The van der Waals surface area contributed by atoms with Gasteiger partial charge in [-0.25, -0.2) is 17.8 Å². The molecule has 1 N–H and O–H groups in total. The molecule has 2 saturated heterocycles. The van der Waals surface area contributed by atoms with Crippen LogP contribution >= 0.6 is 11.6 Å². The molecule has 2 unspecified atom stereocenters. The molecular weight excluding hydrogens is 555 g/mol. The first-order chi connectivity index (χ1) is 18.5. The molecule has 2 aliphatic rings. The average Bonchev–Trinajstić information content (AvgIpc) is 3.32. The summed E-state index contributed by atoms with van der Waals surface area (Å²) in [6.07, 6.45) is 3.57. The van der Waals surface area contributed by atoms with E-state index in [0.717, 1.165) is 18.9 Å². The number of aromatic nitrogens is 2. The fourth-order valence-corrected chi connectivity index (χ4v) is 8.10. The molecule has 11 heteroatoms. The summed E-state index contributed by atoms with van der Waals surface area (Å²) in [5.74, 6) is 0.570. The average molecular weight is 591 g/mol. The molecule has 3 aromatic rings. The monoisotopic (exact) mass is 590 g/mol. The molecule has 4 heterocycles. The van der Waals surface area contributed by atoms with E-state index in [4.69, 9.17) is 11.6 Å². The van der Waals surface area contributed by atoms with E-state index in [2.05, 4.69) is 9.88 Å². The van der Waals surface area contributed by atoms with E-state index >= 15 is 0 Å². The zero-order valence-corrected chi connectivity index (χ0v) is 25.1. The zero-order chi connectivity index (χ0) is 29.2. The maximum atomic E-state index is 13.6. The molecule has 216 valence electrons. The van der Waals surface area contributed by atoms with Gasteiger partial charge in [0, 0.05) is 31.6 Å². The Balaban J connectivity index is 1.56. The van der Waals surface area contributed by atoms with Gasteiger partial charge in [0.1, 0.15) is 17.5 Å². The van der Waals surface area contributed by atoms with Gasteiger partial charge >= 0.3 is 0 Å². The second-order valence-corrected chi connectivity index (χ2v) is 15.3. The van der Waals surface area contributed by atoms with E-state index in [1.165, 1.54) is 12.1 Å². The number of amides is 1. The second kappa shape index (κ2) is 9.99. The van der Waals surface area contributed by atoms with Crippen LogP contribution in [0.5, 0.6) is 0 Å². The topological polar surface area (TPSA) is 95.2 Å². The number of hydrogen-bond donors (Lipinski definition) is 1. The van der Waals surface area contributed by atoms with Crippen molar-refractivity contribution >= 4 is 38.7 Å². The summed E-state index contributed by atoms with van der Waals surface area (Å²) in [7, 11) is -3.61. The molecule has 2 aliphatic heterocycles. The largest absolute Gasteiger partial charge is 0.390 e. The van der Waals surface area contributed by atoms with Crippen LogP contribution in [0.15, 0.2) is 41.4 Å². The minimum atomic E-state index is -3.61. The number of imidazole rings is 1. The van der Waals surface area contributed by atoms with E-state index in [-0.39, 0.29) is 45.6 Å². The number of fused-ring (bicyclic) bond motifs is 3. The lowest BCUT2D eigenvalue weighted by Gasteiger charge is -2.43. The predicted molar refractivity (Wildman–Crippen MR) is 153 cm³/mol. The number of benzene rings is 1. The second-order valence-electron chi connectivity index (χ2n) is 12.9. The van der Waals surface area contributed by atoms with Gasteiger partial charge in [0.15, 0.2) is 9.84 Å². The molecule has 2 aromatic heterocycles. The molecule has 0 radical (unpaired) electrons. The Labute approximate surface area is 239 Å². The summed E-state index contributed by atoms with van der Waals surface area (Å²) in [6.45, 7) is 9.95. The Bertz CT molecular complexity index is 1560. The number of anilines is 1. The van der Waals surface area contributed by atoms with E-state index in [0.29, 0.717) is 30.2 Å². The van der Waals surface area contributed by atoms with Crippen LogP contribution in [-0.4, -0.2) is 70.2 Å². The van der Waals surface area contributed by atoms with Crippen LogP contribution in [0.1, 0.15) is 63.6 Å². The number of pyridine rings is 1. The van der Waals surface area contributed by atoms with Gasteiger partial charge < -0.3 is 14.9 Å². The fourth-order valence-electron chi connectivity index (χ4n) is 5.96. The molecule has 8 nitrogen and oxygen atoms in total. The molecule has 2 fully saturated rings. The first kappa shape index (κ1) is 28.8.